The maximum atomic E-state index is 13.3. The first-order chi connectivity index (χ1) is 23.7. The van der Waals surface area contributed by atoms with Crippen LogP contribution in [0.4, 0.5) is 0 Å². The smallest absolute Gasteiger partial charge is 0.348 e. The number of hydrogen-bond acceptors (Lipinski definition) is 4. The molecule has 1 atom stereocenters. The molecule has 0 saturated carbocycles. The highest BCUT2D eigenvalue weighted by atomic mass is 16.6. The molecule has 0 radical (unpaired) electrons. The number of fused-ring (bicyclic) bond motifs is 7. The first-order valence-electron chi connectivity index (χ1n) is 15.9. The van der Waals surface area contributed by atoms with Gasteiger partial charge in [0, 0.05) is 44.0 Å². The number of esters is 1. The van der Waals surface area contributed by atoms with E-state index in [1.54, 1.807) is 0 Å². The molecule has 228 valence electrons. The lowest BCUT2D eigenvalue weighted by atomic mass is 10.0. The molecule has 2 aliphatic rings. The molecule has 4 heterocycles. The van der Waals surface area contributed by atoms with Crippen LogP contribution in [0.5, 0.6) is 0 Å². The molecule has 2 aromatic heterocycles. The molecule has 0 amide bonds. The van der Waals surface area contributed by atoms with Crippen LogP contribution in [-0.2, 0) is 14.3 Å². The molecule has 48 heavy (non-hydrogen) atoms. The summed E-state index contributed by atoms with van der Waals surface area (Å²) < 4.78 is 16.2. The molecule has 0 saturated heterocycles. The number of carbonyl (C=O) groups excluding carboxylic acids is 1. The summed E-state index contributed by atoms with van der Waals surface area (Å²) in [7, 11) is 0. The van der Waals surface area contributed by atoms with E-state index in [0.717, 1.165) is 33.4 Å². The number of carbonyl (C=O) groups is 1. The summed E-state index contributed by atoms with van der Waals surface area (Å²) in [5.41, 5.74) is 8.38. The zero-order valence-electron chi connectivity index (χ0n) is 25.5. The van der Waals surface area contributed by atoms with E-state index in [2.05, 4.69) is 81.9 Å². The maximum absolute atomic E-state index is 13.3. The van der Waals surface area contributed by atoms with Gasteiger partial charge < -0.3 is 23.7 Å². The summed E-state index contributed by atoms with van der Waals surface area (Å²) in [4.78, 5) is 13.3. The fraction of sp³-hybridized carbons (Fsp3) is 0.0238. The second-order valence-corrected chi connectivity index (χ2v) is 12.1. The third-order valence-electron chi connectivity index (χ3n) is 9.55. The zero-order valence-corrected chi connectivity index (χ0v) is 25.5. The van der Waals surface area contributed by atoms with Crippen molar-refractivity contribution < 1.29 is 19.4 Å². The minimum atomic E-state index is -1.33. The van der Waals surface area contributed by atoms with Gasteiger partial charge in [0.15, 0.2) is 0 Å². The van der Waals surface area contributed by atoms with Crippen LogP contribution in [0.3, 0.4) is 0 Å². The van der Waals surface area contributed by atoms with Gasteiger partial charge in [0.1, 0.15) is 17.1 Å². The largest absolute Gasteiger partial charge is 0.459 e. The average Bonchev–Trinajstić information content (AvgIpc) is 3.87. The monoisotopic (exact) mass is 622 g/mol. The number of cyclic esters (lactones) is 1. The number of para-hydroxylation sites is 4. The molecule has 6 nitrogen and oxygen atoms in total. The maximum Gasteiger partial charge on any atom is 0.348 e. The number of aromatic nitrogens is 2. The molecule has 6 aromatic carbocycles. The van der Waals surface area contributed by atoms with Crippen LogP contribution in [-0.4, -0.2) is 26.5 Å². The number of benzene rings is 6. The van der Waals surface area contributed by atoms with Crippen molar-refractivity contribution in [1.82, 2.24) is 9.13 Å². The molecular weight excluding hydrogens is 596 g/mol. The Kier molecular flexibility index (Phi) is 5.62. The van der Waals surface area contributed by atoms with E-state index in [-0.39, 0.29) is 5.57 Å². The highest BCUT2D eigenvalue weighted by molar-refractivity contribution is 6.12. The van der Waals surface area contributed by atoms with Crippen LogP contribution in [0.1, 0.15) is 11.1 Å². The number of nitrogens with zero attached hydrogens (tertiary/aromatic N) is 2. The second kappa shape index (κ2) is 10.1. The molecule has 0 spiro atoms. The van der Waals surface area contributed by atoms with Crippen LogP contribution in [0.25, 0.3) is 66.5 Å². The molecule has 1 N–H and O–H groups in total. The Morgan fingerprint density at radius 2 is 0.854 bits per heavy atom. The van der Waals surface area contributed by atoms with E-state index in [4.69, 9.17) is 9.47 Å². The van der Waals surface area contributed by atoms with Crippen LogP contribution < -0.4 is 0 Å². The highest BCUT2D eigenvalue weighted by Gasteiger charge is 2.44. The Morgan fingerprint density at radius 3 is 1.27 bits per heavy atom. The van der Waals surface area contributed by atoms with Crippen molar-refractivity contribution in [1.29, 1.82) is 0 Å². The van der Waals surface area contributed by atoms with Crippen molar-refractivity contribution in [2.24, 2.45) is 0 Å². The average molecular weight is 623 g/mol. The van der Waals surface area contributed by atoms with E-state index in [0.29, 0.717) is 28.2 Å². The van der Waals surface area contributed by atoms with Crippen molar-refractivity contribution in [3.8, 4) is 11.4 Å². The molecule has 10 rings (SSSR count). The van der Waals surface area contributed by atoms with E-state index in [1.165, 1.54) is 21.5 Å². The third kappa shape index (κ3) is 3.75. The van der Waals surface area contributed by atoms with Gasteiger partial charge >= 0.3 is 5.97 Å². The fourth-order valence-corrected chi connectivity index (χ4v) is 7.45. The first-order valence-corrected chi connectivity index (χ1v) is 15.9. The molecular formula is C42H26N2O4. The van der Waals surface area contributed by atoms with Gasteiger partial charge in [-0.15, -0.1) is 0 Å². The summed E-state index contributed by atoms with van der Waals surface area (Å²) in [5.74, 6) is 0.0887. The molecule has 0 fully saturated rings. The van der Waals surface area contributed by atoms with Gasteiger partial charge in [0.25, 0.3) is 0 Å². The summed E-state index contributed by atoms with van der Waals surface area (Å²) in [6.45, 7) is 0. The van der Waals surface area contributed by atoms with Gasteiger partial charge in [-0.1, -0.05) is 72.8 Å². The lowest BCUT2D eigenvalue weighted by Gasteiger charge is -2.13. The van der Waals surface area contributed by atoms with Crippen molar-refractivity contribution in [3.05, 3.63) is 168 Å². The van der Waals surface area contributed by atoms with E-state index >= 15 is 0 Å². The number of ether oxygens (including phenoxy) is 2. The fourth-order valence-electron chi connectivity index (χ4n) is 7.45. The molecule has 0 aliphatic carbocycles. The van der Waals surface area contributed by atoms with Crippen molar-refractivity contribution in [2.45, 2.75) is 6.29 Å². The van der Waals surface area contributed by atoms with Crippen molar-refractivity contribution in [2.75, 3.05) is 0 Å². The second-order valence-electron chi connectivity index (χ2n) is 12.1. The Balaban J connectivity index is 1.03. The van der Waals surface area contributed by atoms with Crippen molar-refractivity contribution in [3.63, 3.8) is 0 Å². The van der Waals surface area contributed by atoms with Crippen LogP contribution in [0.2, 0.25) is 0 Å². The number of rotatable bonds is 4. The quantitative estimate of drug-likeness (QED) is 0.199. The summed E-state index contributed by atoms with van der Waals surface area (Å²) >= 11 is 0. The summed E-state index contributed by atoms with van der Waals surface area (Å²) in [6, 6.07) is 49.1. The van der Waals surface area contributed by atoms with E-state index in [9.17, 15) is 9.90 Å². The molecule has 6 heteroatoms. The molecule has 2 aliphatic heterocycles. The minimum absolute atomic E-state index is 0.258. The molecule has 8 aromatic rings. The Labute approximate surface area is 274 Å². The van der Waals surface area contributed by atoms with Gasteiger partial charge in [-0.05, 0) is 72.8 Å². The molecule has 0 bridgehead atoms. The minimum Gasteiger partial charge on any atom is -0.459 e. The first kappa shape index (κ1) is 26.8. The summed E-state index contributed by atoms with van der Waals surface area (Å²) in [5, 5.41) is 15.8. The Bertz CT molecular complexity index is 2590. The van der Waals surface area contributed by atoms with Crippen LogP contribution in [0.15, 0.2) is 157 Å². The van der Waals surface area contributed by atoms with E-state index < -0.39 is 12.3 Å². The number of aliphatic hydroxyl groups excluding tert-OH is 1. The zero-order chi connectivity index (χ0) is 31.9. The Morgan fingerprint density at radius 1 is 0.479 bits per heavy atom. The predicted octanol–water partition coefficient (Wildman–Crippen LogP) is 8.91. The lowest BCUT2D eigenvalue weighted by molar-refractivity contribution is -0.130. The predicted molar refractivity (Wildman–Crippen MR) is 189 cm³/mol. The van der Waals surface area contributed by atoms with Gasteiger partial charge in [-0.25, -0.2) is 4.79 Å². The standard InChI is InChI=1S/C42H26N2O4/c45-41-37-38(40(48-41)26-19-23-28(24-20-26)44-35-15-7-3-11-31(35)32-12-4-8-16-36(32)44)42(46)47-39(37)25-17-21-27(22-18-25)43-33-13-5-1-9-29(33)30-10-2-6-14-34(30)43/h1-24,41,45H. The Hall–Kier alpha value is -6.37. The van der Waals surface area contributed by atoms with Crippen molar-refractivity contribution >= 4 is 61.1 Å². The van der Waals surface area contributed by atoms with Crippen LogP contribution >= 0.6 is 0 Å². The molecule has 1 unspecified atom stereocenters. The van der Waals surface area contributed by atoms with E-state index in [1.807, 2.05) is 72.8 Å². The topological polar surface area (TPSA) is 65.6 Å². The van der Waals surface area contributed by atoms with Crippen LogP contribution in [0, 0.1) is 0 Å². The number of aliphatic hydroxyl groups is 1. The number of hydrogen-bond donors (Lipinski definition) is 1. The normalized spacial score (nSPS) is 16.0. The third-order valence-corrected chi connectivity index (χ3v) is 9.55. The SMILES string of the molecule is O=C1OC(c2ccc(-n3c4ccccc4c4ccccc43)cc2)=C2C1=C(c1ccc(-n3c4ccccc4c4ccccc43)cc1)OC2O. The van der Waals surface area contributed by atoms with Gasteiger partial charge in [-0.2, -0.15) is 0 Å². The lowest BCUT2D eigenvalue weighted by Crippen LogP contribution is -2.08. The highest BCUT2D eigenvalue weighted by Crippen LogP contribution is 2.46. The van der Waals surface area contributed by atoms with Gasteiger partial charge in [0.2, 0.25) is 6.29 Å². The van der Waals surface area contributed by atoms with Gasteiger partial charge in [0.05, 0.1) is 27.6 Å². The van der Waals surface area contributed by atoms with Gasteiger partial charge in [-0.3, -0.25) is 0 Å². The summed E-state index contributed by atoms with van der Waals surface area (Å²) in [6.07, 6.45) is -1.33.